The van der Waals surface area contributed by atoms with E-state index in [1.54, 1.807) is 6.92 Å². The van der Waals surface area contributed by atoms with Crippen molar-refractivity contribution < 1.29 is 23.1 Å². The summed E-state index contributed by atoms with van der Waals surface area (Å²) in [5.41, 5.74) is 0. The van der Waals surface area contributed by atoms with Crippen molar-refractivity contribution in [2.75, 3.05) is 24.6 Å². The van der Waals surface area contributed by atoms with Gasteiger partial charge in [0, 0.05) is 19.5 Å². The molecule has 6 nitrogen and oxygen atoms in total. The molecule has 104 valence electrons. The van der Waals surface area contributed by atoms with E-state index < -0.39 is 15.8 Å². The van der Waals surface area contributed by atoms with Gasteiger partial charge in [0.15, 0.2) is 9.84 Å². The zero-order chi connectivity index (χ0) is 13.8. The fourth-order valence-corrected chi connectivity index (χ4v) is 3.96. The highest BCUT2D eigenvalue weighted by Crippen LogP contribution is 2.22. The third-order valence-electron chi connectivity index (χ3n) is 3.12. The van der Waals surface area contributed by atoms with Gasteiger partial charge in [-0.1, -0.05) is 0 Å². The molecule has 1 heterocycles. The van der Waals surface area contributed by atoms with Crippen LogP contribution in [0, 0.1) is 5.92 Å². The van der Waals surface area contributed by atoms with E-state index in [-0.39, 0.29) is 42.7 Å². The maximum Gasteiger partial charge on any atom is 0.305 e. The number of aliphatic carboxylic acids is 1. The number of hydrogen-bond acceptors (Lipinski definition) is 4. The minimum Gasteiger partial charge on any atom is -0.481 e. The molecule has 1 amide bonds. The van der Waals surface area contributed by atoms with E-state index >= 15 is 0 Å². The maximum absolute atomic E-state index is 11.9. The number of sulfone groups is 1. The molecule has 0 radical (unpaired) electrons. The minimum atomic E-state index is -2.96. The zero-order valence-electron chi connectivity index (χ0n) is 10.5. The van der Waals surface area contributed by atoms with Gasteiger partial charge in [-0.05, 0) is 19.3 Å². The molecule has 0 aromatic carbocycles. The molecule has 0 spiro atoms. The van der Waals surface area contributed by atoms with Crippen LogP contribution in [0.4, 0.5) is 0 Å². The van der Waals surface area contributed by atoms with Crippen molar-refractivity contribution in [3.63, 3.8) is 0 Å². The van der Waals surface area contributed by atoms with E-state index in [0.29, 0.717) is 13.0 Å². The first-order chi connectivity index (χ1) is 8.34. The van der Waals surface area contributed by atoms with Crippen LogP contribution >= 0.6 is 0 Å². The van der Waals surface area contributed by atoms with Crippen molar-refractivity contribution in [1.82, 2.24) is 4.90 Å². The molecular weight excluding hydrogens is 258 g/mol. The first kappa shape index (κ1) is 14.9. The van der Waals surface area contributed by atoms with Gasteiger partial charge in [-0.15, -0.1) is 0 Å². The summed E-state index contributed by atoms with van der Waals surface area (Å²) in [5, 5.41) is 8.58. The number of hydrogen-bond donors (Lipinski definition) is 1. The van der Waals surface area contributed by atoms with Gasteiger partial charge in [-0.25, -0.2) is 8.42 Å². The summed E-state index contributed by atoms with van der Waals surface area (Å²) in [6.45, 7) is 2.42. The highest BCUT2D eigenvalue weighted by atomic mass is 32.2. The highest BCUT2D eigenvalue weighted by Gasteiger charge is 2.30. The molecule has 1 unspecified atom stereocenters. The number of carbonyl (C=O) groups is 2. The Kier molecular flexibility index (Phi) is 5.13. The van der Waals surface area contributed by atoms with Gasteiger partial charge in [0.2, 0.25) is 5.91 Å². The highest BCUT2D eigenvalue weighted by molar-refractivity contribution is 7.91. The lowest BCUT2D eigenvalue weighted by Crippen LogP contribution is -2.34. The van der Waals surface area contributed by atoms with E-state index in [4.69, 9.17) is 5.11 Å². The van der Waals surface area contributed by atoms with Gasteiger partial charge in [-0.3, -0.25) is 9.59 Å². The molecule has 0 aromatic rings. The summed E-state index contributed by atoms with van der Waals surface area (Å²) in [7, 11) is -2.96. The molecular formula is C11H19NO5S. The van der Waals surface area contributed by atoms with Gasteiger partial charge in [0.25, 0.3) is 0 Å². The normalized spacial score (nSPS) is 21.7. The van der Waals surface area contributed by atoms with Crippen LogP contribution < -0.4 is 0 Å². The Labute approximate surface area is 107 Å². The molecule has 1 aliphatic heterocycles. The van der Waals surface area contributed by atoms with Crippen molar-refractivity contribution in [1.29, 1.82) is 0 Å². The first-order valence-corrected chi connectivity index (χ1v) is 7.86. The Hall–Kier alpha value is -1.11. The number of carboxylic acids is 1. The second-order valence-electron chi connectivity index (χ2n) is 4.59. The zero-order valence-corrected chi connectivity index (χ0v) is 11.3. The Morgan fingerprint density at radius 2 is 2.06 bits per heavy atom. The largest absolute Gasteiger partial charge is 0.481 e. The molecule has 0 saturated carbocycles. The van der Waals surface area contributed by atoms with Crippen LogP contribution in [-0.2, 0) is 19.4 Å². The lowest BCUT2D eigenvalue weighted by Gasteiger charge is -2.21. The fraction of sp³-hybridized carbons (Fsp3) is 0.818. The SMILES string of the molecule is CCN(CCC(=O)O)C(=O)CC1CCS(=O)(=O)C1. The molecule has 0 bridgehead atoms. The number of nitrogens with zero attached hydrogens (tertiary/aromatic N) is 1. The van der Waals surface area contributed by atoms with E-state index in [1.165, 1.54) is 4.90 Å². The predicted octanol–water partition coefficient (Wildman–Crippen LogP) is 0.134. The van der Waals surface area contributed by atoms with Gasteiger partial charge in [0.1, 0.15) is 0 Å². The van der Waals surface area contributed by atoms with Crippen LogP contribution in [-0.4, -0.2) is 54.9 Å². The summed E-state index contributed by atoms with van der Waals surface area (Å²) in [5.74, 6) is -0.964. The molecule has 1 N–H and O–H groups in total. The van der Waals surface area contributed by atoms with Crippen LogP contribution in [0.2, 0.25) is 0 Å². The number of amides is 1. The van der Waals surface area contributed by atoms with Gasteiger partial charge < -0.3 is 10.0 Å². The topological polar surface area (TPSA) is 91.8 Å². The fourth-order valence-electron chi connectivity index (χ4n) is 2.10. The molecule has 1 atom stereocenters. The summed E-state index contributed by atoms with van der Waals surface area (Å²) in [4.78, 5) is 23.8. The Balaban J connectivity index is 2.45. The van der Waals surface area contributed by atoms with Gasteiger partial charge >= 0.3 is 5.97 Å². The quantitative estimate of drug-likeness (QED) is 0.745. The average molecular weight is 277 g/mol. The van der Waals surface area contributed by atoms with Crippen molar-refractivity contribution in [3.05, 3.63) is 0 Å². The van der Waals surface area contributed by atoms with Gasteiger partial charge in [0.05, 0.1) is 17.9 Å². The molecule has 1 saturated heterocycles. The van der Waals surface area contributed by atoms with Crippen molar-refractivity contribution >= 4 is 21.7 Å². The van der Waals surface area contributed by atoms with E-state index in [2.05, 4.69) is 0 Å². The summed E-state index contributed by atoms with van der Waals surface area (Å²) < 4.78 is 22.5. The number of carboxylic acid groups (broad SMARTS) is 1. The molecule has 18 heavy (non-hydrogen) atoms. The summed E-state index contributed by atoms with van der Waals surface area (Å²) in [6, 6.07) is 0. The lowest BCUT2D eigenvalue weighted by molar-refractivity contribution is -0.138. The second-order valence-corrected chi connectivity index (χ2v) is 6.82. The molecule has 1 aliphatic rings. The van der Waals surface area contributed by atoms with E-state index in [1.807, 2.05) is 0 Å². The van der Waals surface area contributed by atoms with Crippen molar-refractivity contribution in [2.45, 2.75) is 26.2 Å². The molecule has 1 rings (SSSR count). The van der Waals surface area contributed by atoms with Crippen LogP contribution in [0.3, 0.4) is 0 Å². The van der Waals surface area contributed by atoms with Crippen molar-refractivity contribution in [3.8, 4) is 0 Å². The smallest absolute Gasteiger partial charge is 0.305 e. The number of rotatable bonds is 6. The second kappa shape index (κ2) is 6.17. The molecule has 1 fully saturated rings. The Morgan fingerprint density at radius 1 is 1.39 bits per heavy atom. The first-order valence-electron chi connectivity index (χ1n) is 6.04. The monoisotopic (exact) mass is 277 g/mol. The Morgan fingerprint density at radius 3 is 2.50 bits per heavy atom. The van der Waals surface area contributed by atoms with Crippen LogP contribution in [0.1, 0.15) is 26.2 Å². The summed E-state index contributed by atoms with van der Waals surface area (Å²) >= 11 is 0. The number of carbonyl (C=O) groups excluding carboxylic acids is 1. The minimum absolute atomic E-state index is 0.0786. The van der Waals surface area contributed by atoms with Gasteiger partial charge in [-0.2, -0.15) is 0 Å². The average Bonchev–Trinajstić information content (AvgIpc) is 2.58. The van der Waals surface area contributed by atoms with E-state index in [9.17, 15) is 18.0 Å². The molecule has 0 aliphatic carbocycles. The molecule has 7 heteroatoms. The third kappa shape index (κ3) is 4.64. The van der Waals surface area contributed by atoms with Crippen LogP contribution in [0.5, 0.6) is 0 Å². The third-order valence-corrected chi connectivity index (χ3v) is 4.96. The molecule has 0 aromatic heterocycles. The Bertz CT molecular complexity index is 417. The standard InChI is InChI=1S/C11H19NO5S/c1-2-12(5-3-11(14)15)10(13)7-9-4-6-18(16,17)8-9/h9H,2-8H2,1H3,(H,14,15). The van der Waals surface area contributed by atoms with Crippen LogP contribution in [0.15, 0.2) is 0 Å². The maximum atomic E-state index is 11.9. The van der Waals surface area contributed by atoms with E-state index in [0.717, 1.165) is 0 Å². The summed E-state index contributed by atoms with van der Waals surface area (Å²) in [6.07, 6.45) is 0.653. The predicted molar refractivity (Wildman–Crippen MR) is 65.9 cm³/mol. The van der Waals surface area contributed by atoms with Crippen LogP contribution in [0.25, 0.3) is 0 Å². The lowest BCUT2D eigenvalue weighted by atomic mass is 10.0. The van der Waals surface area contributed by atoms with Crippen molar-refractivity contribution in [2.24, 2.45) is 5.92 Å².